The summed E-state index contributed by atoms with van der Waals surface area (Å²) < 4.78 is 5.93. The molecular formula is C21H29N3O2. The lowest BCUT2D eigenvalue weighted by Crippen LogP contribution is -2.42. The third-order valence-corrected chi connectivity index (χ3v) is 4.70. The first-order valence-corrected chi connectivity index (χ1v) is 9.43. The van der Waals surface area contributed by atoms with E-state index in [0.29, 0.717) is 6.54 Å². The Kier molecular flexibility index (Phi) is 6.34. The smallest absolute Gasteiger partial charge is 0.317 e. The zero-order valence-corrected chi connectivity index (χ0v) is 15.8. The number of carbonyl (C=O) groups excluding carboxylic acids is 1. The SMILES string of the molecule is CN(C)Cc1cc2c(o1)CN(C(=O)NCCCCc1ccccc1)CC2. The number of hydrogen-bond donors (Lipinski definition) is 1. The van der Waals surface area contributed by atoms with Gasteiger partial charge in [-0.1, -0.05) is 30.3 Å². The molecule has 0 fully saturated rings. The summed E-state index contributed by atoms with van der Waals surface area (Å²) in [5.74, 6) is 1.91. The highest BCUT2D eigenvalue weighted by atomic mass is 16.3. The summed E-state index contributed by atoms with van der Waals surface area (Å²) in [5, 5.41) is 3.05. The molecule has 5 heteroatoms. The van der Waals surface area contributed by atoms with E-state index in [4.69, 9.17) is 4.42 Å². The molecule has 2 amide bonds. The molecule has 2 heterocycles. The molecule has 1 N–H and O–H groups in total. The normalized spacial score (nSPS) is 13.7. The number of nitrogens with one attached hydrogen (secondary N) is 1. The summed E-state index contributed by atoms with van der Waals surface area (Å²) in [4.78, 5) is 16.3. The van der Waals surface area contributed by atoms with E-state index < -0.39 is 0 Å². The van der Waals surface area contributed by atoms with Crippen molar-refractivity contribution in [3.63, 3.8) is 0 Å². The van der Waals surface area contributed by atoms with E-state index in [0.717, 1.165) is 56.8 Å². The number of urea groups is 1. The van der Waals surface area contributed by atoms with Crippen LogP contribution in [0, 0.1) is 0 Å². The second kappa shape index (κ2) is 8.90. The number of aryl methyl sites for hydroxylation is 1. The van der Waals surface area contributed by atoms with Gasteiger partial charge in [0.05, 0.1) is 13.1 Å². The molecule has 0 atom stereocenters. The van der Waals surface area contributed by atoms with Gasteiger partial charge in [-0.3, -0.25) is 0 Å². The molecule has 26 heavy (non-hydrogen) atoms. The second-order valence-electron chi connectivity index (χ2n) is 7.25. The lowest BCUT2D eigenvalue weighted by molar-refractivity contribution is 0.185. The highest BCUT2D eigenvalue weighted by Crippen LogP contribution is 2.23. The molecule has 0 saturated heterocycles. The molecule has 3 rings (SSSR count). The van der Waals surface area contributed by atoms with Crippen LogP contribution in [-0.2, 0) is 25.9 Å². The Morgan fingerprint density at radius 3 is 2.81 bits per heavy atom. The van der Waals surface area contributed by atoms with Crippen LogP contribution in [-0.4, -0.2) is 43.0 Å². The molecule has 1 aliphatic heterocycles. The Morgan fingerprint density at radius 2 is 2.04 bits per heavy atom. The van der Waals surface area contributed by atoms with E-state index in [9.17, 15) is 4.79 Å². The molecule has 1 aliphatic rings. The summed E-state index contributed by atoms with van der Waals surface area (Å²) in [6, 6.07) is 12.6. The molecule has 5 nitrogen and oxygen atoms in total. The number of unbranched alkanes of at least 4 members (excludes halogenated alkanes) is 1. The molecule has 2 aromatic rings. The number of carbonyl (C=O) groups is 1. The fourth-order valence-corrected chi connectivity index (χ4v) is 3.35. The van der Waals surface area contributed by atoms with Gasteiger partial charge < -0.3 is 19.5 Å². The van der Waals surface area contributed by atoms with Crippen molar-refractivity contribution in [2.75, 3.05) is 27.2 Å². The molecule has 140 valence electrons. The predicted molar refractivity (Wildman–Crippen MR) is 103 cm³/mol. The average Bonchev–Trinajstić information content (AvgIpc) is 3.02. The number of benzene rings is 1. The quantitative estimate of drug-likeness (QED) is 0.774. The topological polar surface area (TPSA) is 48.7 Å². The highest BCUT2D eigenvalue weighted by Gasteiger charge is 2.24. The first kappa shape index (κ1) is 18.5. The maximum Gasteiger partial charge on any atom is 0.317 e. The zero-order chi connectivity index (χ0) is 18.4. The standard InChI is InChI=1S/C21H29N3O2/c1-23(2)15-19-14-18-11-13-24(16-20(18)26-19)21(25)22-12-7-6-10-17-8-4-3-5-9-17/h3-5,8-9,14H,6-7,10-13,15-16H2,1-2H3,(H,22,25). The van der Waals surface area contributed by atoms with E-state index >= 15 is 0 Å². The van der Waals surface area contributed by atoms with Crippen LogP contribution in [0.2, 0.25) is 0 Å². The number of rotatable bonds is 7. The molecule has 0 saturated carbocycles. The van der Waals surface area contributed by atoms with Crippen molar-refractivity contribution in [1.29, 1.82) is 0 Å². The van der Waals surface area contributed by atoms with Crippen LogP contribution in [0.15, 0.2) is 40.8 Å². The summed E-state index contributed by atoms with van der Waals surface area (Å²) in [5.41, 5.74) is 2.60. The first-order chi connectivity index (χ1) is 12.6. The summed E-state index contributed by atoms with van der Waals surface area (Å²) in [6.07, 6.45) is 4.01. The first-order valence-electron chi connectivity index (χ1n) is 9.43. The molecule has 1 aromatic heterocycles. The van der Waals surface area contributed by atoms with Crippen LogP contribution >= 0.6 is 0 Å². The molecular weight excluding hydrogens is 326 g/mol. The Balaban J connectivity index is 1.39. The van der Waals surface area contributed by atoms with Crippen molar-refractivity contribution in [2.45, 2.75) is 38.8 Å². The fraction of sp³-hybridized carbons (Fsp3) is 0.476. The van der Waals surface area contributed by atoms with Crippen LogP contribution < -0.4 is 5.32 Å². The van der Waals surface area contributed by atoms with Crippen LogP contribution in [0.1, 0.15) is 35.5 Å². The minimum atomic E-state index is 0.0147. The number of furan rings is 1. The van der Waals surface area contributed by atoms with Gasteiger partial charge in [0.15, 0.2) is 0 Å². The van der Waals surface area contributed by atoms with Crippen molar-refractivity contribution in [3.05, 3.63) is 59.0 Å². The van der Waals surface area contributed by atoms with Gasteiger partial charge in [-0.05, 0) is 57.0 Å². The van der Waals surface area contributed by atoms with Gasteiger partial charge in [-0.15, -0.1) is 0 Å². The molecule has 0 unspecified atom stereocenters. The van der Waals surface area contributed by atoms with Crippen LogP contribution in [0.5, 0.6) is 0 Å². The number of fused-ring (bicyclic) bond motifs is 1. The third-order valence-electron chi connectivity index (χ3n) is 4.70. The van der Waals surface area contributed by atoms with E-state index in [1.165, 1.54) is 11.1 Å². The van der Waals surface area contributed by atoms with Crippen LogP contribution in [0.4, 0.5) is 4.79 Å². The molecule has 0 bridgehead atoms. The summed E-state index contributed by atoms with van der Waals surface area (Å²) in [7, 11) is 4.05. The Morgan fingerprint density at radius 1 is 1.23 bits per heavy atom. The average molecular weight is 355 g/mol. The maximum absolute atomic E-state index is 12.4. The van der Waals surface area contributed by atoms with Gasteiger partial charge in [-0.2, -0.15) is 0 Å². The van der Waals surface area contributed by atoms with E-state index in [-0.39, 0.29) is 6.03 Å². The molecule has 0 aliphatic carbocycles. The minimum Gasteiger partial charge on any atom is -0.463 e. The van der Waals surface area contributed by atoms with Gasteiger partial charge in [-0.25, -0.2) is 4.79 Å². The lowest BCUT2D eigenvalue weighted by atomic mass is 10.1. The predicted octanol–water partition coefficient (Wildman–Crippen LogP) is 3.43. The monoisotopic (exact) mass is 355 g/mol. The van der Waals surface area contributed by atoms with Crippen LogP contribution in [0.3, 0.4) is 0 Å². The number of hydrogen-bond acceptors (Lipinski definition) is 3. The Hall–Kier alpha value is -2.27. The summed E-state index contributed by atoms with van der Waals surface area (Å²) in [6.45, 7) is 2.84. The van der Waals surface area contributed by atoms with Crippen molar-refractivity contribution in [3.8, 4) is 0 Å². The maximum atomic E-state index is 12.4. The van der Waals surface area contributed by atoms with E-state index in [1.807, 2.05) is 25.1 Å². The highest BCUT2D eigenvalue weighted by molar-refractivity contribution is 5.74. The molecule has 1 aromatic carbocycles. The third kappa shape index (κ3) is 5.11. The van der Waals surface area contributed by atoms with Crippen molar-refractivity contribution in [2.24, 2.45) is 0 Å². The molecule has 0 spiro atoms. The van der Waals surface area contributed by atoms with E-state index in [2.05, 4.69) is 40.5 Å². The minimum absolute atomic E-state index is 0.0147. The lowest BCUT2D eigenvalue weighted by Gasteiger charge is -2.26. The van der Waals surface area contributed by atoms with Gasteiger partial charge in [0.25, 0.3) is 0 Å². The number of amides is 2. The molecule has 0 radical (unpaired) electrons. The van der Waals surface area contributed by atoms with Crippen molar-refractivity contribution < 1.29 is 9.21 Å². The van der Waals surface area contributed by atoms with Gasteiger partial charge >= 0.3 is 6.03 Å². The van der Waals surface area contributed by atoms with Gasteiger partial charge in [0, 0.05) is 13.1 Å². The van der Waals surface area contributed by atoms with Crippen LogP contribution in [0.25, 0.3) is 0 Å². The van der Waals surface area contributed by atoms with Gasteiger partial charge in [0.1, 0.15) is 11.5 Å². The van der Waals surface area contributed by atoms with Gasteiger partial charge in [0.2, 0.25) is 0 Å². The Labute approximate surface area is 156 Å². The fourth-order valence-electron chi connectivity index (χ4n) is 3.35. The second-order valence-corrected chi connectivity index (χ2v) is 7.25. The number of nitrogens with zero attached hydrogens (tertiary/aromatic N) is 2. The van der Waals surface area contributed by atoms with Crippen molar-refractivity contribution >= 4 is 6.03 Å². The summed E-state index contributed by atoms with van der Waals surface area (Å²) >= 11 is 0. The van der Waals surface area contributed by atoms with E-state index in [1.54, 1.807) is 0 Å². The van der Waals surface area contributed by atoms with Crippen molar-refractivity contribution in [1.82, 2.24) is 15.1 Å². The zero-order valence-electron chi connectivity index (χ0n) is 15.8. The largest absolute Gasteiger partial charge is 0.463 e. The Bertz CT molecular complexity index is 709.